The molecule has 0 aliphatic heterocycles. The van der Waals surface area contributed by atoms with E-state index in [4.69, 9.17) is 15.0 Å². The molecule has 0 amide bonds. The highest BCUT2D eigenvalue weighted by Crippen LogP contribution is 2.51. The maximum atomic E-state index is 5.36. The Morgan fingerprint density at radius 2 is 1.27 bits per heavy atom. The smallest absolute Gasteiger partial charge is 0.238 e. The summed E-state index contributed by atoms with van der Waals surface area (Å²) in [6, 6.07) is 45.1. The topological polar surface area (TPSA) is 43.6 Å². The van der Waals surface area contributed by atoms with E-state index >= 15 is 0 Å². The zero-order chi connectivity index (χ0) is 29.2. The average molecular weight is 585 g/mol. The Balaban J connectivity index is 1.32. The lowest BCUT2D eigenvalue weighted by Gasteiger charge is -2.22. The van der Waals surface area contributed by atoms with E-state index in [-0.39, 0.29) is 11.8 Å². The zero-order valence-corrected chi connectivity index (χ0v) is 25.0. The van der Waals surface area contributed by atoms with Gasteiger partial charge in [-0.25, -0.2) is 4.98 Å². The number of benzene rings is 5. The Labute approximate surface area is 259 Å². The van der Waals surface area contributed by atoms with E-state index in [9.17, 15) is 0 Å². The molecule has 0 spiro atoms. The molecule has 5 heteroatoms. The Morgan fingerprint density at radius 1 is 0.636 bits per heavy atom. The fourth-order valence-electron chi connectivity index (χ4n) is 7.02. The van der Waals surface area contributed by atoms with Gasteiger partial charge in [-0.3, -0.25) is 4.57 Å². The van der Waals surface area contributed by atoms with Gasteiger partial charge in [-0.05, 0) is 35.7 Å². The average Bonchev–Trinajstić information content (AvgIpc) is 3.60. The van der Waals surface area contributed by atoms with E-state index in [2.05, 4.69) is 121 Å². The van der Waals surface area contributed by atoms with Gasteiger partial charge < -0.3 is 0 Å². The van der Waals surface area contributed by atoms with E-state index in [1.54, 1.807) is 0 Å². The highest BCUT2D eigenvalue weighted by Gasteiger charge is 2.34. The summed E-state index contributed by atoms with van der Waals surface area (Å²) in [7, 11) is 0. The minimum absolute atomic E-state index is 0.0720. The number of nitrogens with zero attached hydrogens (tertiary/aromatic N) is 4. The Hall–Kier alpha value is -5.13. The predicted molar refractivity (Wildman–Crippen MR) is 182 cm³/mol. The maximum Gasteiger partial charge on any atom is 0.238 e. The van der Waals surface area contributed by atoms with E-state index in [0.29, 0.717) is 11.8 Å². The summed E-state index contributed by atoms with van der Waals surface area (Å²) in [5, 5.41) is 3.72. The second-order valence-corrected chi connectivity index (χ2v) is 12.7. The molecule has 9 rings (SSSR count). The van der Waals surface area contributed by atoms with Crippen molar-refractivity contribution in [3.63, 3.8) is 0 Å². The van der Waals surface area contributed by atoms with Crippen LogP contribution in [0.25, 0.3) is 60.4 Å². The van der Waals surface area contributed by atoms with Crippen molar-refractivity contribution in [1.29, 1.82) is 0 Å². The van der Waals surface area contributed by atoms with Crippen molar-refractivity contribution in [3.05, 3.63) is 144 Å². The summed E-state index contributed by atoms with van der Waals surface area (Å²) in [6.07, 6.45) is 0.859. The largest absolute Gasteiger partial charge is 0.278 e. The third-order valence-corrected chi connectivity index (χ3v) is 10.5. The molecule has 0 fully saturated rings. The third kappa shape index (κ3) is 3.86. The fourth-order valence-corrected chi connectivity index (χ4v) is 8.35. The molecule has 2 unspecified atom stereocenters. The van der Waals surface area contributed by atoms with Gasteiger partial charge in [-0.15, -0.1) is 11.3 Å². The lowest BCUT2D eigenvalue weighted by Crippen LogP contribution is -2.16. The lowest BCUT2D eigenvalue weighted by atomic mass is 9.88. The van der Waals surface area contributed by atoms with Gasteiger partial charge in [0, 0.05) is 48.7 Å². The normalized spacial score (nSPS) is 16.2. The summed E-state index contributed by atoms with van der Waals surface area (Å²) < 4.78 is 3.54. The summed E-state index contributed by atoms with van der Waals surface area (Å²) in [5.74, 6) is 2.49. The molecule has 3 heterocycles. The molecule has 44 heavy (non-hydrogen) atoms. The molecule has 0 saturated carbocycles. The molecule has 8 aromatic rings. The number of rotatable bonds is 3. The summed E-state index contributed by atoms with van der Waals surface area (Å²) in [4.78, 5) is 17.2. The molecule has 5 aromatic carbocycles. The zero-order valence-electron chi connectivity index (χ0n) is 24.2. The van der Waals surface area contributed by atoms with Crippen LogP contribution in [0.3, 0.4) is 0 Å². The van der Waals surface area contributed by atoms with Crippen molar-refractivity contribution in [2.45, 2.75) is 25.2 Å². The van der Waals surface area contributed by atoms with E-state index < -0.39 is 0 Å². The van der Waals surface area contributed by atoms with E-state index in [1.165, 1.54) is 42.4 Å². The number of aromatic nitrogens is 4. The molecule has 0 bridgehead atoms. The molecule has 0 N–H and O–H groups in total. The second-order valence-electron chi connectivity index (χ2n) is 11.6. The summed E-state index contributed by atoms with van der Waals surface area (Å²) in [5.41, 5.74) is 7.21. The highest BCUT2D eigenvalue weighted by atomic mass is 32.1. The molecular weight excluding hydrogens is 557 g/mol. The Kier molecular flexibility index (Phi) is 5.75. The first kappa shape index (κ1) is 25.4. The Bertz CT molecular complexity index is 2300. The van der Waals surface area contributed by atoms with Crippen LogP contribution in [0, 0.1) is 0 Å². The van der Waals surface area contributed by atoms with Gasteiger partial charge in [-0.1, -0.05) is 116 Å². The Morgan fingerprint density at radius 3 is 2.05 bits per heavy atom. The van der Waals surface area contributed by atoms with Crippen molar-refractivity contribution >= 4 is 43.2 Å². The van der Waals surface area contributed by atoms with Crippen LogP contribution in [-0.4, -0.2) is 19.5 Å². The van der Waals surface area contributed by atoms with Gasteiger partial charge >= 0.3 is 0 Å². The number of fused-ring (bicyclic) bond motifs is 8. The highest BCUT2D eigenvalue weighted by molar-refractivity contribution is 7.19. The molecule has 0 radical (unpaired) electrons. The van der Waals surface area contributed by atoms with Crippen LogP contribution in [0.4, 0.5) is 0 Å². The van der Waals surface area contributed by atoms with Gasteiger partial charge in [0.1, 0.15) is 5.82 Å². The number of hydrogen-bond acceptors (Lipinski definition) is 4. The van der Waals surface area contributed by atoms with Crippen molar-refractivity contribution in [2.24, 2.45) is 0 Å². The van der Waals surface area contributed by atoms with Gasteiger partial charge in [0.05, 0.1) is 11.0 Å². The molecular formula is C39H28N4S. The molecule has 4 nitrogen and oxygen atoms in total. The van der Waals surface area contributed by atoms with Crippen LogP contribution in [0.1, 0.15) is 35.0 Å². The summed E-state index contributed by atoms with van der Waals surface area (Å²) in [6.45, 7) is 2.36. The SMILES string of the molecule is CC1c2sc3ccccc3c2-c2ccccc2CC1c1nc(-c2ccccc2)nc(-n2c3ccccc3c3ccccc32)n1. The van der Waals surface area contributed by atoms with Crippen molar-refractivity contribution in [1.82, 2.24) is 19.5 Å². The van der Waals surface area contributed by atoms with Crippen LogP contribution in [0.2, 0.25) is 0 Å². The van der Waals surface area contributed by atoms with Crippen LogP contribution in [0.15, 0.2) is 127 Å². The standard InChI is InChI=1S/C39H28N4S/c1-24-31(23-26-15-5-6-16-27(26)35-30-19-9-12-22-34(30)44-36(24)35)38-40-37(25-13-3-2-4-14-25)41-39(42-38)43-32-20-10-7-17-28(32)29-18-8-11-21-33(29)43/h2-22,24,31H,23H2,1H3. The monoisotopic (exact) mass is 584 g/mol. The van der Waals surface area contributed by atoms with Crippen LogP contribution < -0.4 is 0 Å². The minimum atomic E-state index is 0.0720. The summed E-state index contributed by atoms with van der Waals surface area (Å²) >= 11 is 1.91. The van der Waals surface area contributed by atoms with Crippen LogP contribution in [0.5, 0.6) is 0 Å². The molecule has 1 aliphatic rings. The van der Waals surface area contributed by atoms with E-state index in [1.807, 2.05) is 29.5 Å². The quantitative estimate of drug-likeness (QED) is 0.208. The fraction of sp³-hybridized carbons (Fsp3) is 0.103. The predicted octanol–water partition coefficient (Wildman–Crippen LogP) is 9.96. The third-order valence-electron chi connectivity index (χ3n) is 9.15. The lowest BCUT2D eigenvalue weighted by molar-refractivity contribution is 0.550. The second kappa shape index (κ2) is 9.97. The van der Waals surface area contributed by atoms with Crippen molar-refractivity contribution in [2.75, 3.05) is 0 Å². The first-order valence-electron chi connectivity index (χ1n) is 15.1. The minimum Gasteiger partial charge on any atom is -0.278 e. The maximum absolute atomic E-state index is 5.36. The molecule has 210 valence electrons. The molecule has 2 atom stereocenters. The number of hydrogen-bond donors (Lipinski definition) is 0. The molecule has 3 aromatic heterocycles. The molecule has 0 saturated heterocycles. The van der Waals surface area contributed by atoms with Gasteiger partial charge in [0.15, 0.2) is 5.82 Å². The number of thiophene rings is 1. The van der Waals surface area contributed by atoms with Gasteiger partial charge in [0.25, 0.3) is 0 Å². The van der Waals surface area contributed by atoms with Crippen molar-refractivity contribution in [3.8, 4) is 28.5 Å². The number of para-hydroxylation sites is 2. The van der Waals surface area contributed by atoms with Crippen LogP contribution >= 0.6 is 11.3 Å². The van der Waals surface area contributed by atoms with E-state index in [0.717, 1.165) is 28.8 Å². The first-order chi connectivity index (χ1) is 21.7. The van der Waals surface area contributed by atoms with Crippen LogP contribution in [-0.2, 0) is 6.42 Å². The van der Waals surface area contributed by atoms with Crippen molar-refractivity contribution < 1.29 is 0 Å². The first-order valence-corrected chi connectivity index (χ1v) is 16.0. The van der Waals surface area contributed by atoms with Gasteiger partial charge in [0.2, 0.25) is 5.95 Å². The molecule has 1 aliphatic carbocycles. The van der Waals surface area contributed by atoms with Gasteiger partial charge in [-0.2, -0.15) is 9.97 Å².